The molecule has 1 aromatic carbocycles. The second kappa shape index (κ2) is 8.44. The van der Waals surface area contributed by atoms with Crippen LogP contribution in [0.5, 0.6) is 0 Å². The Morgan fingerprint density at radius 3 is 2.69 bits per heavy atom. The van der Waals surface area contributed by atoms with Crippen LogP contribution < -0.4 is 10.6 Å². The Morgan fingerprint density at radius 1 is 1.07 bits per heavy atom. The maximum absolute atomic E-state index is 12.1. The maximum atomic E-state index is 12.1. The van der Waals surface area contributed by atoms with E-state index < -0.39 is 0 Å². The van der Waals surface area contributed by atoms with E-state index in [4.69, 9.17) is 0 Å². The largest absolute Gasteiger partial charge is 0.343 e. The fraction of sp³-hybridized carbons (Fsp3) is 0.0500. The second-order valence-corrected chi connectivity index (χ2v) is 6.93. The van der Waals surface area contributed by atoms with Crippen LogP contribution in [-0.4, -0.2) is 38.5 Å². The Kier molecular flexibility index (Phi) is 5.39. The monoisotopic (exact) mass is 404 g/mol. The van der Waals surface area contributed by atoms with Gasteiger partial charge < -0.3 is 10.6 Å². The molecular formula is C20H16N6O2S. The number of amides is 2. The molecular weight excluding hydrogens is 388 g/mol. The summed E-state index contributed by atoms with van der Waals surface area (Å²) < 4.78 is 0. The number of carbonyl (C=O) groups is 2. The van der Waals surface area contributed by atoms with Gasteiger partial charge in [0, 0.05) is 29.5 Å². The van der Waals surface area contributed by atoms with Crippen LogP contribution in [-0.2, 0) is 4.79 Å². The van der Waals surface area contributed by atoms with Crippen molar-refractivity contribution in [2.24, 2.45) is 0 Å². The molecule has 0 aliphatic rings. The molecule has 0 atom stereocenters. The fourth-order valence-electron chi connectivity index (χ4n) is 2.67. The van der Waals surface area contributed by atoms with E-state index >= 15 is 0 Å². The highest BCUT2D eigenvalue weighted by Crippen LogP contribution is 2.28. The number of nitrogens with zero attached hydrogens (tertiary/aromatic N) is 3. The molecule has 0 radical (unpaired) electrons. The lowest BCUT2D eigenvalue weighted by atomic mass is 10.0. The van der Waals surface area contributed by atoms with Gasteiger partial charge in [0.1, 0.15) is 0 Å². The quantitative estimate of drug-likeness (QED) is 0.457. The van der Waals surface area contributed by atoms with E-state index in [-0.39, 0.29) is 18.4 Å². The van der Waals surface area contributed by atoms with Gasteiger partial charge in [0.25, 0.3) is 5.91 Å². The van der Waals surface area contributed by atoms with Gasteiger partial charge in [0.2, 0.25) is 5.91 Å². The third-order valence-electron chi connectivity index (χ3n) is 4.09. The van der Waals surface area contributed by atoms with Crippen molar-refractivity contribution in [3.63, 3.8) is 0 Å². The SMILES string of the molecule is O=C(CNC(=O)c1cn[nH]c1)Nc1nc(-c2cccc(-c3ccncc3)c2)cs1. The number of benzene rings is 1. The Bertz CT molecular complexity index is 1120. The van der Waals surface area contributed by atoms with Crippen LogP contribution in [0.4, 0.5) is 5.13 Å². The van der Waals surface area contributed by atoms with Crippen molar-refractivity contribution >= 4 is 28.3 Å². The summed E-state index contributed by atoms with van der Waals surface area (Å²) in [6, 6.07) is 11.9. The van der Waals surface area contributed by atoms with Crippen molar-refractivity contribution in [3.8, 4) is 22.4 Å². The van der Waals surface area contributed by atoms with Crippen LogP contribution >= 0.6 is 11.3 Å². The molecule has 144 valence electrons. The highest BCUT2D eigenvalue weighted by atomic mass is 32.1. The van der Waals surface area contributed by atoms with Gasteiger partial charge in [0.15, 0.2) is 5.13 Å². The molecule has 8 nitrogen and oxygen atoms in total. The van der Waals surface area contributed by atoms with E-state index in [1.54, 1.807) is 12.4 Å². The average molecular weight is 404 g/mol. The van der Waals surface area contributed by atoms with Gasteiger partial charge in [-0.2, -0.15) is 5.10 Å². The predicted molar refractivity (Wildman–Crippen MR) is 110 cm³/mol. The first kappa shape index (κ1) is 18.5. The van der Waals surface area contributed by atoms with E-state index in [2.05, 4.69) is 30.8 Å². The second-order valence-electron chi connectivity index (χ2n) is 6.07. The van der Waals surface area contributed by atoms with Gasteiger partial charge in [0.05, 0.1) is 24.0 Å². The Labute approximate surface area is 170 Å². The van der Waals surface area contributed by atoms with E-state index in [1.165, 1.54) is 23.7 Å². The lowest BCUT2D eigenvalue weighted by Crippen LogP contribution is -2.32. The number of hydrogen-bond donors (Lipinski definition) is 3. The minimum Gasteiger partial charge on any atom is -0.343 e. The first-order valence-corrected chi connectivity index (χ1v) is 9.60. The molecule has 3 heterocycles. The molecule has 2 amide bonds. The lowest BCUT2D eigenvalue weighted by molar-refractivity contribution is -0.115. The van der Waals surface area contributed by atoms with Crippen molar-refractivity contribution in [3.05, 3.63) is 72.1 Å². The van der Waals surface area contributed by atoms with Gasteiger partial charge in [-0.05, 0) is 29.3 Å². The third-order valence-corrected chi connectivity index (χ3v) is 4.85. The number of nitrogens with one attached hydrogen (secondary N) is 3. The number of anilines is 1. The summed E-state index contributed by atoms with van der Waals surface area (Å²) in [6.07, 6.45) is 6.36. The topological polar surface area (TPSA) is 113 Å². The van der Waals surface area contributed by atoms with Crippen LogP contribution in [0.1, 0.15) is 10.4 Å². The zero-order valence-corrected chi connectivity index (χ0v) is 15.9. The number of pyridine rings is 1. The van der Waals surface area contributed by atoms with Gasteiger partial charge in [-0.15, -0.1) is 11.3 Å². The van der Waals surface area contributed by atoms with Gasteiger partial charge in [-0.25, -0.2) is 4.98 Å². The van der Waals surface area contributed by atoms with E-state index in [9.17, 15) is 9.59 Å². The summed E-state index contributed by atoms with van der Waals surface area (Å²) in [6.45, 7) is -0.156. The molecule has 0 aliphatic carbocycles. The number of hydrogen-bond acceptors (Lipinski definition) is 6. The molecule has 0 fully saturated rings. The number of aromatic amines is 1. The molecule has 4 aromatic rings. The smallest absolute Gasteiger partial charge is 0.254 e. The van der Waals surface area contributed by atoms with Gasteiger partial charge in [-0.1, -0.05) is 18.2 Å². The molecule has 0 aliphatic heterocycles. The molecule has 3 N–H and O–H groups in total. The number of H-pyrrole nitrogens is 1. The van der Waals surface area contributed by atoms with E-state index in [0.29, 0.717) is 10.7 Å². The van der Waals surface area contributed by atoms with Crippen molar-refractivity contribution in [2.75, 3.05) is 11.9 Å². The van der Waals surface area contributed by atoms with Crippen molar-refractivity contribution in [1.29, 1.82) is 0 Å². The molecule has 3 aromatic heterocycles. The average Bonchev–Trinajstić information content (AvgIpc) is 3.45. The van der Waals surface area contributed by atoms with Crippen LogP contribution in [0, 0.1) is 0 Å². The summed E-state index contributed by atoms with van der Waals surface area (Å²) in [4.78, 5) is 32.4. The predicted octanol–water partition coefficient (Wildman–Crippen LogP) is 2.96. The van der Waals surface area contributed by atoms with Gasteiger partial charge in [-0.3, -0.25) is 19.7 Å². The molecule has 4 rings (SSSR count). The number of carbonyl (C=O) groups excluding carboxylic acids is 2. The summed E-state index contributed by atoms with van der Waals surface area (Å²) in [5.41, 5.74) is 4.21. The number of aromatic nitrogens is 4. The first-order valence-electron chi connectivity index (χ1n) is 8.72. The van der Waals surface area contributed by atoms with Crippen LogP contribution in [0.25, 0.3) is 22.4 Å². The summed E-state index contributed by atoms with van der Waals surface area (Å²) in [5, 5.41) is 13.8. The lowest BCUT2D eigenvalue weighted by Gasteiger charge is -2.04. The van der Waals surface area contributed by atoms with E-state index in [0.717, 1.165) is 22.4 Å². The molecule has 0 saturated carbocycles. The molecule has 0 bridgehead atoms. The Hall–Kier alpha value is -3.85. The summed E-state index contributed by atoms with van der Waals surface area (Å²) in [5.74, 6) is -0.727. The molecule has 0 spiro atoms. The maximum Gasteiger partial charge on any atom is 0.254 e. The molecule has 0 saturated heterocycles. The third kappa shape index (κ3) is 4.53. The Balaban J connectivity index is 1.40. The van der Waals surface area contributed by atoms with Crippen molar-refractivity contribution in [2.45, 2.75) is 0 Å². The fourth-order valence-corrected chi connectivity index (χ4v) is 3.40. The molecule has 29 heavy (non-hydrogen) atoms. The minimum absolute atomic E-state index is 0.156. The normalized spacial score (nSPS) is 10.5. The minimum atomic E-state index is -0.373. The highest BCUT2D eigenvalue weighted by Gasteiger charge is 2.11. The standard InChI is InChI=1S/C20H16N6O2S/c27-18(11-22-19(28)16-9-23-24-10-16)26-20-25-17(12-29-20)15-3-1-2-14(8-15)13-4-6-21-7-5-13/h1-10,12H,11H2,(H,22,28)(H,23,24)(H,25,26,27). The van der Waals surface area contributed by atoms with Crippen LogP contribution in [0.2, 0.25) is 0 Å². The van der Waals surface area contributed by atoms with Crippen molar-refractivity contribution < 1.29 is 9.59 Å². The zero-order chi connectivity index (χ0) is 20.1. The molecule has 9 heteroatoms. The summed E-state index contributed by atoms with van der Waals surface area (Å²) >= 11 is 1.33. The number of thiazole rings is 1. The van der Waals surface area contributed by atoms with Crippen molar-refractivity contribution in [1.82, 2.24) is 25.5 Å². The van der Waals surface area contributed by atoms with E-state index in [1.807, 2.05) is 41.8 Å². The first-order chi connectivity index (χ1) is 14.2. The molecule has 0 unspecified atom stereocenters. The Morgan fingerprint density at radius 2 is 1.90 bits per heavy atom. The van der Waals surface area contributed by atoms with Crippen LogP contribution in [0.15, 0.2) is 66.6 Å². The summed E-state index contributed by atoms with van der Waals surface area (Å²) in [7, 11) is 0. The highest BCUT2D eigenvalue weighted by molar-refractivity contribution is 7.14. The zero-order valence-electron chi connectivity index (χ0n) is 15.1. The van der Waals surface area contributed by atoms with Gasteiger partial charge >= 0.3 is 0 Å². The van der Waals surface area contributed by atoms with Crippen LogP contribution in [0.3, 0.4) is 0 Å². The number of rotatable bonds is 6.